The Labute approximate surface area is 155 Å². The Morgan fingerprint density at radius 1 is 1.04 bits per heavy atom. The van der Waals surface area contributed by atoms with Crippen molar-refractivity contribution in [2.45, 2.75) is 6.92 Å². The summed E-state index contributed by atoms with van der Waals surface area (Å²) in [7, 11) is 0. The molecule has 0 radical (unpaired) electrons. The van der Waals surface area contributed by atoms with Crippen LogP contribution in [0.5, 0.6) is 0 Å². The molecule has 6 heteroatoms. The minimum atomic E-state index is -0.487. The van der Waals surface area contributed by atoms with Gasteiger partial charge in [0.25, 0.3) is 5.91 Å². The molecular formula is C19H17N3OS2. The Kier molecular flexibility index (Phi) is 5.11. The van der Waals surface area contributed by atoms with Gasteiger partial charge < -0.3 is 16.4 Å². The Balaban J connectivity index is 1.81. The summed E-state index contributed by atoms with van der Waals surface area (Å²) in [5.74, 6) is -0.487. The molecule has 0 unspecified atom stereocenters. The van der Waals surface area contributed by atoms with Crippen LogP contribution in [0.4, 0.5) is 10.7 Å². The maximum Gasteiger partial charge on any atom is 0.251 e. The molecule has 0 aliphatic rings. The van der Waals surface area contributed by atoms with Gasteiger partial charge in [0.2, 0.25) is 0 Å². The Morgan fingerprint density at radius 2 is 1.72 bits per heavy atom. The SMILES string of the molecule is Cc1ccc(NC(=S)Nc2sc(-c3ccccc3)cc2C(N)=O)cc1. The molecule has 3 aromatic rings. The largest absolute Gasteiger partial charge is 0.366 e. The third-order valence-corrected chi connectivity index (χ3v) is 4.90. The van der Waals surface area contributed by atoms with E-state index in [4.69, 9.17) is 18.0 Å². The zero-order valence-corrected chi connectivity index (χ0v) is 15.2. The van der Waals surface area contributed by atoms with E-state index in [1.807, 2.05) is 61.5 Å². The Morgan fingerprint density at radius 3 is 2.36 bits per heavy atom. The fourth-order valence-corrected chi connectivity index (χ4v) is 3.67. The highest BCUT2D eigenvalue weighted by atomic mass is 32.1. The zero-order valence-electron chi connectivity index (χ0n) is 13.6. The van der Waals surface area contributed by atoms with Crippen molar-refractivity contribution in [3.8, 4) is 10.4 Å². The minimum Gasteiger partial charge on any atom is -0.366 e. The second kappa shape index (κ2) is 7.46. The van der Waals surface area contributed by atoms with Crippen molar-refractivity contribution in [1.82, 2.24) is 0 Å². The van der Waals surface area contributed by atoms with Gasteiger partial charge in [-0.25, -0.2) is 0 Å². The highest BCUT2D eigenvalue weighted by molar-refractivity contribution is 7.80. The number of primary amides is 1. The molecule has 4 nitrogen and oxygen atoms in total. The van der Waals surface area contributed by atoms with Gasteiger partial charge in [0, 0.05) is 10.6 Å². The van der Waals surface area contributed by atoms with E-state index in [9.17, 15) is 4.79 Å². The van der Waals surface area contributed by atoms with Crippen LogP contribution in [0, 0.1) is 6.92 Å². The molecule has 0 aliphatic heterocycles. The van der Waals surface area contributed by atoms with Gasteiger partial charge in [0.05, 0.1) is 5.56 Å². The predicted molar refractivity (Wildman–Crippen MR) is 109 cm³/mol. The molecule has 0 aliphatic carbocycles. The van der Waals surface area contributed by atoms with Crippen LogP contribution in [0.1, 0.15) is 15.9 Å². The van der Waals surface area contributed by atoms with E-state index in [-0.39, 0.29) is 0 Å². The molecule has 0 saturated carbocycles. The van der Waals surface area contributed by atoms with Gasteiger partial charge in [-0.1, -0.05) is 48.0 Å². The number of thiocarbonyl (C=S) groups is 1. The van der Waals surface area contributed by atoms with Crippen molar-refractivity contribution in [2.24, 2.45) is 5.73 Å². The number of amides is 1. The van der Waals surface area contributed by atoms with E-state index in [0.717, 1.165) is 16.1 Å². The predicted octanol–water partition coefficient (Wildman–Crippen LogP) is 4.63. The third-order valence-electron chi connectivity index (χ3n) is 3.59. The summed E-state index contributed by atoms with van der Waals surface area (Å²) < 4.78 is 0. The average molecular weight is 367 g/mol. The first-order chi connectivity index (χ1) is 12.0. The number of thiophene rings is 1. The van der Waals surface area contributed by atoms with E-state index in [2.05, 4.69) is 10.6 Å². The van der Waals surface area contributed by atoms with Gasteiger partial charge in [-0.05, 0) is 42.9 Å². The molecule has 1 aromatic heterocycles. The van der Waals surface area contributed by atoms with Crippen molar-refractivity contribution in [3.05, 3.63) is 71.8 Å². The molecule has 0 fully saturated rings. The van der Waals surface area contributed by atoms with Crippen molar-refractivity contribution < 1.29 is 4.79 Å². The number of hydrogen-bond donors (Lipinski definition) is 3. The summed E-state index contributed by atoms with van der Waals surface area (Å²) in [6.45, 7) is 2.02. The molecular weight excluding hydrogens is 350 g/mol. The lowest BCUT2D eigenvalue weighted by molar-refractivity contribution is 0.100. The van der Waals surface area contributed by atoms with Crippen LogP contribution >= 0.6 is 23.6 Å². The molecule has 1 amide bonds. The Hall–Kier alpha value is -2.70. The highest BCUT2D eigenvalue weighted by Gasteiger charge is 2.15. The topological polar surface area (TPSA) is 67.2 Å². The number of nitrogens with one attached hydrogen (secondary N) is 2. The monoisotopic (exact) mass is 367 g/mol. The van der Waals surface area contributed by atoms with E-state index in [1.54, 1.807) is 6.07 Å². The van der Waals surface area contributed by atoms with Gasteiger partial charge >= 0.3 is 0 Å². The summed E-state index contributed by atoms with van der Waals surface area (Å²) in [5, 5.41) is 7.24. The molecule has 25 heavy (non-hydrogen) atoms. The number of nitrogens with two attached hydrogens (primary N) is 1. The highest BCUT2D eigenvalue weighted by Crippen LogP contribution is 2.35. The number of hydrogen-bond acceptors (Lipinski definition) is 3. The first-order valence-corrected chi connectivity index (χ1v) is 8.89. The zero-order chi connectivity index (χ0) is 17.8. The van der Waals surface area contributed by atoms with Gasteiger partial charge in [-0.3, -0.25) is 4.79 Å². The van der Waals surface area contributed by atoms with E-state index < -0.39 is 5.91 Å². The first-order valence-electron chi connectivity index (χ1n) is 7.66. The molecule has 4 N–H and O–H groups in total. The normalized spacial score (nSPS) is 10.3. The smallest absolute Gasteiger partial charge is 0.251 e. The molecule has 2 aromatic carbocycles. The standard InChI is InChI=1S/C19H17N3OS2/c1-12-7-9-14(10-8-12)21-19(24)22-18-15(17(20)23)11-16(25-18)13-5-3-2-4-6-13/h2-11H,1H3,(H2,20,23)(H2,21,22,24). The second-order valence-corrected chi connectivity index (χ2v) is 6.99. The second-order valence-electron chi connectivity index (χ2n) is 5.53. The lowest BCUT2D eigenvalue weighted by atomic mass is 10.1. The molecule has 0 spiro atoms. The van der Waals surface area contributed by atoms with Crippen LogP contribution in [-0.4, -0.2) is 11.0 Å². The molecule has 0 saturated heterocycles. The maximum absolute atomic E-state index is 11.8. The van der Waals surface area contributed by atoms with Crippen LogP contribution in [-0.2, 0) is 0 Å². The summed E-state index contributed by atoms with van der Waals surface area (Å²) in [6.07, 6.45) is 0. The number of benzene rings is 2. The molecule has 126 valence electrons. The van der Waals surface area contributed by atoms with Crippen LogP contribution in [0.2, 0.25) is 0 Å². The van der Waals surface area contributed by atoms with Gasteiger partial charge in [0.1, 0.15) is 5.00 Å². The van der Waals surface area contributed by atoms with Crippen molar-refractivity contribution in [2.75, 3.05) is 10.6 Å². The fraction of sp³-hybridized carbons (Fsp3) is 0.0526. The quantitative estimate of drug-likeness (QED) is 0.588. The van der Waals surface area contributed by atoms with Crippen LogP contribution in [0.15, 0.2) is 60.7 Å². The molecule has 0 bridgehead atoms. The number of anilines is 2. The van der Waals surface area contributed by atoms with Crippen LogP contribution in [0.3, 0.4) is 0 Å². The lowest BCUT2D eigenvalue weighted by Crippen LogP contribution is -2.21. The molecule has 0 atom stereocenters. The lowest BCUT2D eigenvalue weighted by Gasteiger charge is -2.10. The number of carbonyl (C=O) groups is 1. The van der Waals surface area contributed by atoms with E-state index in [1.165, 1.54) is 16.9 Å². The number of aryl methyl sites for hydroxylation is 1. The van der Waals surface area contributed by atoms with Crippen LogP contribution < -0.4 is 16.4 Å². The van der Waals surface area contributed by atoms with Crippen molar-refractivity contribution in [3.63, 3.8) is 0 Å². The summed E-state index contributed by atoms with van der Waals surface area (Å²) in [6, 6.07) is 19.5. The average Bonchev–Trinajstić information content (AvgIpc) is 3.02. The fourth-order valence-electron chi connectivity index (χ4n) is 2.31. The molecule has 1 heterocycles. The van der Waals surface area contributed by atoms with Gasteiger partial charge in [-0.2, -0.15) is 0 Å². The maximum atomic E-state index is 11.8. The van der Waals surface area contributed by atoms with E-state index >= 15 is 0 Å². The van der Waals surface area contributed by atoms with Gasteiger partial charge in [0.15, 0.2) is 5.11 Å². The number of rotatable bonds is 4. The summed E-state index contributed by atoms with van der Waals surface area (Å²) in [4.78, 5) is 12.7. The van der Waals surface area contributed by atoms with E-state index in [0.29, 0.717) is 15.7 Å². The van der Waals surface area contributed by atoms with Crippen molar-refractivity contribution in [1.29, 1.82) is 0 Å². The molecule has 3 rings (SSSR count). The summed E-state index contributed by atoms with van der Waals surface area (Å²) in [5.41, 5.74) is 9.02. The summed E-state index contributed by atoms with van der Waals surface area (Å²) >= 11 is 6.80. The Bertz CT molecular complexity index is 902. The van der Waals surface area contributed by atoms with Gasteiger partial charge in [-0.15, -0.1) is 11.3 Å². The van der Waals surface area contributed by atoms with Crippen molar-refractivity contribution >= 4 is 45.3 Å². The first kappa shape index (κ1) is 17.1. The minimum absolute atomic E-state index is 0.410. The number of carbonyl (C=O) groups excluding carboxylic acids is 1. The third kappa shape index (κ3) is 4.23. The van der Waals surface area contributed by atoms with Crippen LogP contribution in [0.25, 0.3) is 10.4 Å².